The molecule has 84 valence electrons. The van der Waals surface area contributed by atoms with Gasteiger partial charge in [-0.2, -0.15) is 13.2 Å². The van der Waals surface area contributed by atoms with Gasteiger partial charge in [-0.15, -0.1) is 0 Å². The second kappa shape index (κ2) is 3.35. The summed E-state index contributed by atoms with van der Waals surface area (Å²) in [6, 6.07) is 0. The molecule has 0 saturated carbocycles. The smallest absolute Gasteiger partial charge is 0.203 e. The third kappa shape index (κ3) is 1.75. The molecule has 1 aromatic carbocycles. The monoisotopic (exact) mass is 236 g/mol. The predicted molar refractivity (Wildman–Crippen MR) is 31.2 cm³/mol. The molecule has 0 unspecified atom stereocenters. The second-order valence-electron chi connectivity index (χ2n) is 2.44. The van der Waals surface area contributed by atoms with Crippen molar-refractivity contribution in [2.45, 2.75) is 6.18 Å². The maximum Gasteiger partial charge on any atom is 0.422 e. The number of alkyl halides is 3. The van der Waals surface area contributed by atoms with Crippen molar-refractivity contribution < 1.29 is 35.1 Å². The minimum absolute atomic E-state index is 2.63. The molecular weight excluding hydrogens is 236 g/mol. The quantitative estimate of drug-likeness (QED) is 0.368. The van der Waals surface area contributed by atoms with Gasteiger partial charge in [0, 0.05) is 0 Å². The average molecular weight is 236 g/mol. The van der Waals surface area contributed by atoms with Gasteiger partial charge in [0.1, 0.15) is 5.56 Å². The van der Waals surface area contributed by atoms with E-state index in [0.717, 1.165) is 0 Å². The molecule has 0 fully saturated rings. The molecule has 0 spiro atoms. The zero-order valence-electron chi connectivity index (χ0n) is 6.52. The Morgan fingerprint density at radius 2 is 0.800 bits per heavy atom. The molecule has 8 heteroatoms. The molecule has 15 heavy (non-hydrogen) atoms. The van der Waals surface area contributed by atoms with E-state index in [-0.39, 0.29) is 0 Å². The second-order valence-corrected chi connectivity index (χ2v) is 2.44. The van der Waals surface area contributed by atoms with Gasteiger partial charge < -0.3 is 0 Å². The number of benzene rings is 1. The number of rotatable bonds is 0. The minimum atomic E-state index is -5.65. The maximum atomic E-state index is 12.5. The summed E-state index contributed by atoms with van der Waals surface area (Å²) in [4.78, 5) is 0. The fraction of sp³-hybridized carbons (Fsp3) is 0.143. The molecule has 1 aromatic rings. The Kier molecular flexibility index (Phi) is 2.62. The van der Waals surface area contributed by atoms with Gasteiger partial charge in [-0.3, -0.25) is 0 Å². The van der Waals surface area contributed by atoms with Crippen molar-refractivity contribution in [3.05, 3.63) is 34.6 Å². The lowest BCUT2D eigenvalue weighted by molar-refractivity contribution is -0.143. The highest BCUT2D eigenvalue weighted by atomic mass is 19.4. The molecule has 0 aromatic heterocycles. The first kappa shape index (κ1) is 11.7. The highest BCUT2D eigenvalue weighted by molar-refractivity contribution is 5.26. The topological polar surface area (TPSA) is 0 Å². The van der Waals surface area contributed by atoms with Crippen molar-refractivity contribution >= 4 is 0 Å². The van der Waals surface area contributed by atoms with E-state index in [4.69, 9.17) is 0 Å². The van der Waals surface area contributed by atoms with Gasteiger partial charge in [0.15, 0.2) is 23.3 Å². The van der Waals surface area contributed by atoms with Crippen molar-refractivity contribution in [1.82, 2.24) is 0 Å². The van der Waals surface area contributed by atoms with Crippen molar-refractivity contribution in [2.75, 3.05) is 0 Å². The first-order chi connectivity index (χ1) is 6.68. The SMILES string of the molecule is Fc1c(F)c(F)c(C(F)(F)F)c(F)c1F. The van der Waals surface area contributed by atoms with Crippen LogP contribution in [0, 0.1) is 29.1 Å². The highest BCUT2D eigenvalue weighted by Crippen LogP contribution is 2.36. The Hall–Kier alpha value is -1.34. The number of hydrogen-bond acceptors (Lipinski definition) is 0. The van der Waals surface area contributed by atoms with Gasteiger partial charge in [-0.1, -0.05) is 0 Å². The highest BCUT2D eigenvalue weighted by Gasteiger charge is 2.42. The van der Waals surface area contributed by atoms with Crippen LogP contribution in [0.4, 0.5) is 35.1 Å². The van der Waals surface area contributed by atoms with Gasteiger partial charge in [-0.25, -0.2) is 22.0 Å². The lowest BCUT2D eigenvalue weighted by Gasteiger charge is -2.10. The fourth-order valence-corrected chi connectivity index (χ4v) is 0.854. The summed E-state index contributed by atoms with van der Waals surface area (Å²) in [7, 11) is 0. The number of halogens is 8. The normalized spacial score (nSPS) is 12.0. The van der Waals surface area contributed by atoms with E-state index in [9.17, 15) is 35.1 Å². The standard InChI is InChI=1S/C7F8/c8-2-1(7(13,14)15)3(9)5(11)6(12)4(2)10. The summed E-state index contributed by atoms with van der Waals surface area (Å²) < 4.78 is 97.3. The maximum absolute atomic E-state index is 12.5. The van der Waals surface area contributed by atoms with E-state index in [2.05, 4.69) is 0 Å². The van der Waals surface area contributed by atoms with Crippen molar-refractivity contribution in [2.24, 2.45) is 0 Å². The Morgan fingerprint density at radius 3 is 1.07 bits per heavy atom. The van der Waals surface area contributed by atoms with Crippen LogP contribution in [0.5, 0.6) is 0 Å². The zero-order chi connectivity index (χ0) is 12.0. The van der Waals surface area contributed by atoms with Crippen molar-refractivity contribution in [3.8, 4) is 0 Å². The summed E-state index contributed by atoms with van der Waals surface area (Å²) in [6.45, 7) is 0. The van der Waals surface area contributed by atoms with E-state index in [1.54, 1.807) is 0 Å². The van der Waals surface area contributed by atoms with E-state index < -0.39 is 40.8 Å². The molecule has 0 aliphatic rings. The Balaban J connectivity index is 3.68. The van der Waals surface area contributed by atoms with Crippen LogP contribution in [0.1, 0.15) is 5.56 Å². The molecule has 1 rings (SSSR count). The van der Waals surface area contributed by atoms with Crippen LogP contribution in [-0.4, -0.2) is 0 Å². The largest absolute Gasteiger partial charge is 0.422 e. The molecule has 0 amide bonds. The van der Waals surface area contributed by atoms with Gasteiger partial charge in [0.05, 0.1) is 0 Å². The van der Waals surface area contributed by atoms with Crippen LogP contribution in [0.25, 0.3) is 0 Å². The molecule has 0 aliphatic heterocycles. The molecule has 0 N–H and O–H groups in total. The van der Waals surface area contributed by atoms with Gasteiger partial charge in [0.25, 0.3) is 0 Å². The zero-order valence-corrected chi connectivity index (χ0v) is 6.52. The van der Waals surface area contributed by atoms with E-state index in [1.807, 2.05) is 0 Å². The fourth-order valence-electron chi connectivity index (χ4n) is 0.854. The lowest BCUT2D eigenvalue weighted by atomic mass is 10.1. The van der Waals surface area contributed by atoms with Crippen LogP contribution in [0.3, 0.4) is 0 Å². The first-order valence-electron chi connectivity index (χ1n) is 3.26. The Morgan fingerprint density at radius 1 is 0.533 bits per heavy atom. The summed E-state index contributed by atoms with van der Waals surface area (Å²) in [6.07, 6.45) is -5.65. The molecule has 0 aliphatic carbocycles. The van der Waals surface area contributed by atoms with Crippen LogP contribution in [0.2, 0.25) is 0 Å². The van der Waals surface area contributed by atoms with Gasteiger partial charge in [-0.05, 0) is 0 Å². The molecule has 0 nitrogen and oxygen atoms in total. The van der Waals surface area contributed by atoms with Crippen LogP contribution < -0.4 is 0 Å². The molecule has 0 saturated heterocycles. The summed E-state index contributed by atoms with van der Waals surface area (Å²) >= 11 is 0. The molecule has 0 atom stereocenters. The summed E-state index contributed by atoms with van der Waals surface area (Å²) in [5.41, 5.74) is -2.79. The van der Waals surface area contributed by atoms with E-state index >= 15 is 0 Å². The molecule has 0 bridgehead atoms. The number of hydrogen-bond donors (Lipinski definition) is 0. The van der Waals surface area contributed by atoms with Crippen molar-refractivity contribution in [3.63, 3.8) is 0 Å². The molecular formula is C7F8. The first-order valence-corrected chi connectivity index (χ1v) is 3.26. The van der Waals surface area contributed by atoms with Crippen molar-refractivity contribution in [1.29, 1.82) is 0 Å². The minimum Gasteiger partial charge on any atom is -0.203 e. The summed E-state index contributed by atoms with van der Waals surface area (Å²) in [5, 5.41) is 0. The van der Waals surface area contributed by atoms with Gasteiger partial charge >= 0.3 is 6.18 Å². The molecule has 0 heterocycles. The average Bonchev–Trinajstić information content (AvgIpc) is 2.09. The van der Waals surface area contributed by atoms with Crippen LogP contribution in [-0.2, 0) is 6.18 Å². The Bertz CT molecular complexity index is 375. The van der Waals surface area contributed by atoms with Gasteiger partial charge in [0.2, 0.25) is 5.82 Å². The van der Waals surface area contributed by atoms with E-state index in [1.165, 1.54) is 0 Å². The lowest BCUT2D eigenvalue weighted by Crippen LogP contribution is -2.16. The Labute approximate surface area is 77.1 Å². The van der Waals surface area contributed by atoms with Crippen LogP contribution >= 0.6 is 0 Å². The summed E-state index contributed by atoms with van der Waals surface area (Å²) in [5.74, 6) is -13.7. The van der Waals surface area contributed by atoms with Crippen LogP contribution in [0.15, 0.2) is 0 Å². The molecule has 0 radical (unpaired) electrons. The predicted octanol–water partition coefficient (Wildman–Crippen LogP) is 3.40. The van der Waals surface area contributed by atoms with E-state index in [0.29, 0.717) is 0 Å². The third-order valence-electron chi connectivity index (χ3n) is 1.49. The third-order valence-corrected chi connectivity index (χ3v) is 1.49.